The third kappa shape index (κ3) is 2.92. The highest BCUT2D eigenvalue weighted by atomic mass is 16.2. The molecule has 0 atom stereocenters. The van der Waals surface area contributed by atoms with Gasteiger partial charge >= 0.3 is 0 Å². The van der Waals surface area contributed by atoms with Crippen LogP contribution >= 0.6 is 0 Å². The van der Waals surface area contributed by atoms with Crippen LogP contribution in [0.25, 0.3) is 0 Å². The van der Waals surface area contributed by atoms with Crippen LogP contribution in [-0.2, 0) is 6.42 Å². The molecule has 2 rings (SSSR count). The monoisotopic (exact) mass is 301 g/mol. The lowest BCUT2D eigenvalue weighted by atomic mass is 9.82. The Bertz CT molecular complexity index is 631. The number of nitrogens with one attached hydrogen (secondary N) is 2. The lowest BCUT2D eigenvalue weighted by Crippen LogP contribution is -2.48. The van der Waals surface area contributed by atoms with Gasteiger partial charge in [0.2, 0.25) is 0 Å². The largest absolute Gasteiger partial charge is 0.354 e. The van der Waals surface area contributed by atoms with Gasteiger partial charge in [0.25, 0.3) is 5.91 Å². The molecule has 1 heterocycles. The first kappa shape index (κ1) is 16.3. The van der Waals surface area contributed by atoms with Gasteiger partial charge in [0, 0.05) is 11.3 Å². The van der Waals surface area contributed by atoms with Gasteiger partial charge in [-0.1, -0.05) is 26.2 Å². The van der Waals surface area contributed by atoms with Crippen LogP contribution in [0.2, 0.25) is 0 Å². The fraction of sp³-hybridized carbons (Fsp3) is 0.588. The van der Waals surface area contributed by atoms with Gasteiger partial charge in [-0.05, 0) is 38.7 Å². The van der Waals surface area contributed by atoms with Crippen molar-refractivity contribution >= 4 is 11.7 Å². The summed E-state index contributed by atoms with van der Waals surface area (Å²) in [6.45, 7) is 5.23. The Labute approximate surface area is 131 Å². The van der Waals surface area contributed by atoms with E-state index in [1.807, 2.05) is 6.92 Å². The predicted octanol–water partition coefficient (Wildman–Crippen LogP) is 3.04. The van der Waals surface area contributed by atoms with E-state index in [2.05, 4.69) is 16.4 Å². The van der Waals surface area contributed by atoms with Crippen LogP contribution in [0.1, 0.15) is 78.1 Å². The van der Waals surface area contributed by atoms with Crippen molar-refractivity contribution < 1.29 is 9.59 Å². The van der Waals surface area contributed by atoms with E-state index in [1.165, 1.54) is 6.92 Å². The van der Waals surface area contributed by atoms with E-state index in [0.29, 0.717) is 36.2 Å². The summed E-state index contributed by atoms with van der Waals surface area (Å²) in [5.41, 5.74) is 1.71. The Morgan fingerprint density at radius 2 is 1.95 bits per heavy atom. The fourth-order valence-electron chi connectivity index (χ4n) is 3.40. The molecule has 1 amide bonds. The molecule has 22 heavy (non-hydrogen) atoms. The summed E-state index contributed by atoms with van der Waals surface area (Å²) in [4.78, 5) is 27.5. The maximum absolute atomic E-state index is 12.6. The number of ketones is 1. The highest BCUT2D eigenvalue weighted by molar-refractivity contribution is 6.03. The molecule has 5 nitrogen and oxygen atoms in total. The number of nitrogens with zero attached hydrogens (tertiary/aromatic N) is 1. The normalized spacial score (nSPS) is 16.8. The summed E-state index contributed by atoms with van der Waals surface area (Å²) in [7, 11) is 0. The van der Waals surface area contributed by atoms with Gasteiger partial charge in [0.15, 0.2) is 5.78 Å². The first-order valence-corrected chi connectivity index (χ1v) is 7.90. The first-order chi connectivity index (χ1) is 10.4. The van der Waals surface area contributed by atoms with E-state index in [4.69, 9.17) is 0 Å². The Morgan fingerprint density at radius 1 is 1.32 bits per heavy atom. The number of nitriles is 1. The first-order valence-electron chi connectivity index (χ1n) is 7.90. The molecule has 0 aliphatic heterocycles. The Morgan fingerprint density at radius 3 is 2.45 bits per heavy atom. The van der Waals surface area contributed by atoms with Crippen LogP contribution in [0.3, 0.4) is 0 Å². The summed E-state index contributed by atoms with van der Waals surface area (Å²) in [6, 6.07) is 2.29. The standard InChI is InChI=1S/C17H23N3O2/c1-4-13-14(12(3)21)11(2)19-15(13)16(22)20-17(10-18)8-6-5-7-9-17/h19H,4-9H2,1-3H3,(H,20,22). The molecule has 1 saturated carbocycles. The van der Waals surface area contributed by atoms with Crippen LogP contribution in [0.5, 0.6) is 0 Å². The molecule has 1 aliphatic rings. The van der Waals surface area contributed by atoms with Gasteiger partial charge in [-0.2, -0.15) is 5.26 Å². The maximum atomic E-state index is 12.6. The van der Waals surface area contributed by atoms with Gasteiger partial charge in [0.05, 0.1) is 6.07 Å². The van der Waals surface area contributed by atoms with E-state index < -0.39 is 5.54 Å². The average molecular weight is 301 g/mol. The molecule has 5 heteroatoms. The SMILES string of the molecule is CCc1c(C(=O)NC2(C#N)CCCCC2)[nH]c(C)c1C(C)=O. The van der Waals surface area contributed by atoms with Gasteiger partial charge in [0.1, 0.15) is 11.2 Å². The lowest BCUT2D eigenvalue weighted by Gasteiger charge is -2.31. The number of carbonyl (C=O) groups excluding carboxylic acids is 2. The van der Waals surface area contributed by atoms with Crippen molar-refractivity contribution in [1.29, 1.82) is 5.26 Å². The number of aromatic amines is 1. The van der Waals surface area contributed by atoms with Gasteiger partial charge in [-0.15, -0.1) is 0 Å². The quantitative estimate of drug-likeness (QED) is 0.838. The van der Waals surface area contributed by atoms with Crippen molar-refractivity contribution in [3.63, 3.8) is 0 Å². The predicted molar refractivity (Wildman–Crippen MR) is 83.8 cm³/mol. The second-order valence-corrected chi connectivity index (χ2v) is 6.10. The van der Waals surface area contributed by atoms with Gasteiger partial charge in [-0.25, -0.2) is 0 Å². The Kier molecular flexibility index (Phi) is 4.70. The minimum Gasteiger partial charge on any atom is -0.354 e. The van der Waals surface area contributed by atoms with Crippen molar-refractivity contribution in [2.45, 2.75) is 64.8 Å². The number of Topliss-reactive ketones (excluding diaryl/α,β-unsaturated/α-hetero) is 1. The minimum absolute atomic E-state index is 0.0442. The molecule has 1 fully saturated rings. The topological polar surface area (TPSA) is 85.8 Å². The van der Waals surface area contributed by atoms with E-state index in [1.54, 1.807) is 6.92 Å². The van der Waals surface area contributed by atoms with Crippen LogP contribution in [-0.4, -0.2) is 22.2 Å². The summed E-state index contributed by atoms with van der Waals surface area (Å²) in [6.07, 6.45) is 5.00. The number of amides is 1. The van der Waals surface area contributed by atoms with E-state index in [-0.39, 0.29) is 11.7 Å². The summed E-state index contributed by atoms with van der Waals surface area (Å²) >= 11 is 0. The van der Waals surface area contributed by atoms with Crippen molar-refractivity contribution in [2.24, 2.45) is 0 Å². The molecular formula is C17H23N3O2. The molecule has 0 aromatic carbocycles. The minimum atomic E-state index is -0.768. The van der Waals surface area contributed by atoms with Crippen LogP contribution < -0.4 is 5.32 Å². The molecule has 0 spiro atoms. The van der Waals surface area contributed by atoms with Crippen molar-refractivity contribution in [3.8, 4) is 6.07 Å². The number of carbonyl (C=O) groups is 2. The second kappa shape index (κ2) is 6.35. The molecule has 0 saturated heterocycles. The van der Waals surface area contributed by atoms with E-state index in [0.717, 1.165) is 24.8 Å². The zero-order valence-corrected chi connectivity index (χ0v) is 13.5. The molecule has 118 valence electrons. The van der Waals surface area contributed by atoms with E-state index >= 15 is 0 Å². The maximum Gasteiger partial charge on any atom is 0.269 e. The molecule has 0 radical (unpaired) electrons. The van der Waals surface area contributed by atoms with Crippen molar-refractivity contribution in [3.05, 3.63) is 22.5 Å². The summed E-state index contributed by atoms with van der Waals surface area (Å²) in [5, 5.41) is 12.4. The van der Waals surface area contributed by atoms with Crippen molar-refractivity contribution in [1.82, 2.24) is 10.3 Å². The summed E-state index contributed by atoms with van der Waals surface area (Å²) in [5.74, 6) is -0.326. The number of rotatable bonds is 4. The lowest BCUT2D eigenvalue weighted by molar-refractivity contribution is 0.0897. The van der Waals surface area contributed by atoms with Crippen LogP contribution in [0.15, 0.2) is 0 Å². The van der Waals surface area contributed by atoms with Crippen molar-refractivity contribution in [2.75, 3.05) is 0 Å². The van der Waals surface area contributed by atoms with E-state index in [9.17, 15) is 14.9 Å². The fourth-order valence-corrected chi connectivity index (χ4v) is 3.40. The number of hydrogen-bond donors (Lipinski definition) is 2. The van der Waals surface area contributed by atoms with Crippen LogP contribution in [0.4, 0.5) is 0 Å². The number of aromatic nitrogens is 1. The molecule has 0 bridgehead atoms. The molecule has 0 unspecified atom stereocenters. The third-order valence-electron chi connectivity index (χ3n) is 4.50. The molecule has 1 aromatic rings. The Hall–Kier alpha value is -2.09. The number of hydrogen-bond acceptors (Lipinski definition) is 3. The average Bonchev–Trinajstić information content (AvgIpc) is 2.85. The van der Waals surface area contributed by atoms with Gasteiger partial charge in [-0.3, -0.25) is 9.59 Å². The number of H-pyrrole nitrogens is 1. The molecular weight excluding hydrogens is 278 g/mol. The van der Waals surface area contributed by atoms with Crippen LogP contribution in [0, 0.1) is 18.3 Å². The smallest absolute Gasteiger partial charge is 0.269 e. The molecule has 2 N–H and O–H groups in total. The second-order valence-electron chi connectivity index (χ2n) is 6.10. The number of aryl methyl sites for hydroxylation is 1. The zero-order valence-electron chi connectivity index (χ0n) is 13.5. The highest BCUT2D eigenvalue weighted by Gasteiger charge is 2.35. The van der Waals surface area contributed by atoms with Gasteiger partial charge < -0.3 is 10.3 Å². The third-order valence-corrected chi connectivity index (χ3v) is 4.50. The highest BCUT2D eigenvalue weighted by Crippen LogP contribution is 2.28. The molecule has 1 aromatic heterocycles. The summed E-state index contributed by atoms with van der Waals surface area (Å²) < 4.78 is 0. The zero-order chi connectivity index (χ0) is 16.3. The molecule has 1 aliphatic carbocycles. The Balaban J connectivity index is 2.32.